The number of aromatic nitrogens is 2. The highest BCUT2D eigenvalue weighted by Gasteiger charge is 2.47. The molecule has 34 heavy (non-hydrogen) atoms. The van der Waals surface area contributed by atoms with Crippen LogP contribution < -0.4 is 15.1 Å². The summed E-state index contributed by atoms with van der Waals surface area (Å²) in [5, 5.41) is 2.91. The van der Waals surface area contributed by atoms with Gasteiger partial charge in [-0.3, -0.25) is 14.5 Å². The van der Waals surface area contributed by atoms with Crippen molar-refractivity contribution in [2.24, 2.45) is 0 Å². The van der Waals surface area contributed by atoms with E-state index in [1.54, 1.807) is 4.90 Å². The number of nitrogens with zero attached hydrogens (tertiary/aromatic N) is 4. The Kier molecular flexibility index (Phi) is 7.95. The summed E-state index contributed by atoms with van der Waals surface area (Å²) >= 11 is 0. The zero-order chi connectivity index (χ0) is 25.2. The van der Waals surface area contributed by atoms with Crippen molar-refractivity contribution in [2.75, 3.05) is 22.9 Å². The monoisotopic (exact) mass is 465 g/mol. The second kappa shape index (κ2) is 10.5. The highest BCUT2D eigenvalue weighted by Crippen LogP contribution is 2.42. The molecule has 0 bridgehead atoms. The molecule has 1 aromatic carbocycles. The van der Waals surface area contributed by atoms with Crippen LogP contribution in [0.25, 0.3) is 0 Å². The van der Waals surface area contributed by atoms with Gasteiger partial charge in [-0.15, -0.1) is 0 Å². The van der Waals surface area contributed by atoms with Gasteiger partial charge < -0.3 is 10.2 Å². The van der Waals surface area contributed by atoms with Gasteiger partial charge in [-0.2, -0.15) is 4.98 Å². The lowest BCUT2D eigenvalue weighted by molar-refractivity contribution is -0.129. The predicted molar refractivity (Wildman–Crippen MR) is 138 cm³/mol. The molecule has 1 aliphatic heterocycles. The van der Waals surface area contributed by atoms with Gasteiger partial charge in [0, 0.05) is 36.1 Å². The first-order valence-electron chi connectivity index (χ1n) is 12.5. The molecule has 2 aromatic rings. The molecule has 1 atom stereocenters. The lowest BCUT2D eigenvalue weighted by atomic mass is 9.99. The smallest absolute Gasteiger partial charge is 0.245 e. The van der Waals surface area contributed by atoms with Crippen LogP contribution in [0.4, 0.5) is 17.5 Å². The zero-order valence-electron chi connectivity index (χ0n) is 22.0. The minimum atomic E-state index is -0.894. The fourth-order valence-corrected chi connectivity index (χ4v) is 5.16. The number of hydrogen-bond acceptors (Lipinski definition) is 5. The summed E-state index contributed by atoms with van der Waals surface area (Å²) in [6.07, 6.45) is 2.39. The maximum Gasteiger partial charge on any atom is 0.245 e. The fraction of sp³-hybridized carbons (Fsp3) is 0.556. The number of carbonyl (C=O) groups excluding carboxylic acids is 2. The van der Waals surface area contributed by atoms with E-state index in [1.807, 2.05) is 13.8 Å². The molecule has 2 amide bonds. The normalized spacial score (nSPS) is 15.1. The summed E-state index contributed by atoms with van der Waals surface area (Å²) in [7, 11) is 0. The molecule has 7 nitrogen and oxygen atoms in total. The Bertz CT molecular complexity index is 1050. The fourth-order valence-electron chi connectivity index (χ4n) is 5.16. The average Bonchev–Trinajstić information content (AvgIpc) is 3.08. The maximum absolute atomic E-state index is 13.6. The molecule has 1 aromatic heterocycles. The summed E-state index contributed by atoms with van der Waals surface area (Å²) in [5.74, 6) is -0.212. The number of aryl methyl sites for hydroxylation is 4. The van der Waals surface area contributed by atoms with E-state index < -0.39 is 5.92 Å². The van der Waals surface area contributed by atoms with Crippen LogP contribution in [0.3, 0.4) is 0 Å². The number of nitrogens with one attached hydrogen (secondary N) is 1. The van der Waals surface area contributed by atoms with Crippen LogP contribution in [0.2, 0.25) is 0 Å². The van der Waals surface area contributed by atoms with E-state index in [4.69, 9.17) is 9.97 Å². The van der Waals surface area contributed by atoms with E-state index in [9.17, 15) is 9.59 Å². The predicted octanol–water partition coefficient (Wildman–Crippen LogP) is 5.01. The second-order valence-electron chi connectivity index (χ2n) is 9.24. The molecule has 0 aliphatic carbocycles. The van der Waals surface area contributed by atoms with E-state index in [2.05, 4.69) is 63.9 Å². The van der Waals surface area contributed by atoms with Gasteiger partial charge in [0.05, 0.1) is 0 Å². The minimum absolute atomic E-state index is 0.0182. The van der Waals surface area contributed by atoms with Gasteiger partial charge in [-0.1, -0.05) is 38.5 Å². The van der Waals surface area contributed by atoms with Crippen molar-refractivity contribution in [3.05, 3.63) is 40.1 Å². The van der Waals surface area contributed by atoms with E-state index in [-0.39, 0.29) is 17.9 Å². The number of hydrogen-bond donors (Lipinski definition) is 1. The molecule has 0 fully saturated rings. The molecule has 1 unspecified atom stereocenters. The second-order valence-corrected chi connectivity index (χ2v) is 9.24. The Morgan fingerprint density at radius 3 is 2.21 bits per heavy atom. The first-order valence-corrected chi connectivity index (χ1v) is 12.5. The summed E-state index contributed by atoms with van der Waals surface area (Å²) < 4.78 is 0. The van der Waals surface area contributed by atoms with Gasteiger partial charge in [0.25, 0.3) is 0 Å². The largest absolute Gasteiger partial charge is 0.355 e. The Morgan fingerprint density at radius 1 is 1.06 bits per heavy atom. The van der Waals surface area contributed by atoms with Crippen molar-refractivity contribution in [3.8, 4) is 0 Å². The molecule has 0 saturated heterocycles. The number of amides is 2. The summed E-state index contributed by atoms with van der Waals surface area (Å²) in [5.41, 5.74) is 5.94. The van der Waals surface area contributed by atoms with Crippen LogP contribution in [-0.4, -0.2) is 40.9 Å². The van der Waals surface area contributed by atoms with Crippen molar-refractivity contribution >= 4 is 29.3 Å². The molecule has 7 heteroatoms. The number of carbonyl (C=O) groups is 2. The summed E-state index contributed by atoms with van der Waals surface area (Å²) in [6, 6.07) is 4.31. The molecule has 2 heterocycles. The SMILES string of the molecule is CCCNC(=O)C1C(=O)N(C(CC)CC)c2nc(N(CC)c3c(C)cc(C)cc3C)nc(C)c21. The Balaban J connectivity index is 2.20. The lowest BCUT2D eigenvalue weighted by Crippen LogP contribution is -2.42. The van der Waals surface area contributed by atoms with Gasteiger partial charge >= 0.3 is 0 Å². The molecule has 3 rings (SSSR count). The summed E-state index contributed by atoms with van der Waals surface area (Å²) in [4.78, 5) is 40.4. The van der Waals surface area contributed by atoms with Crippen LogP contribution in [0.5, 0.6) is 0 Å². The van der Waals surface area contributed by atoms with Crippen molar-refractivity contribution in [2.45, 2.75) is 86.6 Å². The third kappa shape index (κ3) is 4.52. The van der Waals surface area contributed by atoms with Crippen molar-refractivity contribution in [1.82, 2.24) is 15.3 Å². The Labute approximate surface area is 204 Å². The Hall–Kier alpha value is -2.96. The molecule has 1 N–H and O–H groups in total. The maximum atomic E-state index is 13.6. The number of fused-ring (bicyclic) bond motifs is 1. The zero-order valence-corrected chi connectivity index (χ0v) is 22.0. The van der Waals surface area contributed by atoms with Gasteiger partial charge in [-0.05, 0) is 65.0 Å². The van der Waals surface area contributed by atoms with Gasteiger partial charge in [0.2, 0.25) is 17.8 Å². The van der Waals surface area contributed by atoms with Gasteiger partial charge in [-0.25, -0.2) is 4.98 Å². The number of rotatable bonds is 9. The minimum Gasteiger partial charge on any atom is -0.355 e. The van der Waals surface area contributed by atoms with Crippen molar-refractivity contribution < 1.29 is 9.59 Å². The molecular weight excluding hydrogens is 426 g/mol. The molecule has 0 radical (unpaired) electrons. The van der Waals surface area contributed by atoms with Crippen LogP contribution >= 0.6 is 0 Å². The van der Waals surface area contributed by atoms with E-state index in [1.165, 1.54) is 5.56 Å². The molecular formula is C27H39N5O2. The van der Waals surface area contributed by atoms with Gasteiger partial charge in [0.1, 0.15) is 11.7 Å². The molecule has 0 saturated carbocycles. The van der Waals surface area contributed by atoms with Crippen molar-refractivity contribution in [1.29, 1.82) is 0 Å². The summed E-state index contributed by atoms with van der Waals surface area (Å²) in [6.45, 7) is 17.6. The van der Waals surface area contributed by atoms with E-state index in [0.717, 1.165) is 36.1 Å². The molecule has 1 aliphatic rings. The first kappa shape index (κ1) is 25.7. The third-order valence-electron chi connectivity index (χ3n) is 6.69. The van der Waals surface area contributed by atoms with E-state index >= 15 is 0 Å². The standard InChI is InChI=1S/C27H39N5O2/c1-9-13-28-25(33)22-21-19(8)29-27(30-24(21)32(26(22)34)20(10-2)11-3)31(12-4)23-17(6)14-16(5)15-18(23)7/h14-15,20,22H,9-13H2,1-8H3,(H,28,33). The van der Waals surface area contributed by atoms with Crippen molar-refractivity contribution in [3.63, 3.8) is 0 Å². The highest BCUT2D eigenvalue weighted by atomic mass is 16.2. The highest BCUT2D eigenvalue weighted by molar-refractivity contribution is 6.17. The molecule has 0 spiro atoms. The quantitative estimate of drug-likeness (QED) is 0.527. The topological polar surface area (TPSA) is 78.4 Å². The van der Waals surface area contributed by atoms with Crippen LogP contribution in [0, 0.1) is 27.7 Å². The van der Waals surface area contributed by atoms with Crippen LogP contribution in [0.1, 0.15) is 80.8 Å². The van der Waals surface area contributed by atoms with E-state index in [0.29, 0.717) is 36.1 Å². The first-order chi connectivity index (χ1) is 16.2. The number of benzene rings is 1. The average molecular weight is 466 g/mol. The molecule has 184 valence electrons. The van der Waals surface area contributed by atoms with Crippen LogP contribution in [-0.2, 0) is 9.59 Å². The lowest BCUT2D eigenvalue weighted by Gasteiger charge is -2.29. The van der Waals surface area contributed by atoms with Crippen LogP contribution in [0.15, 0.2) is 12.1 Å². The third-order valence-corrected chi connectivity index (χ3v) is 6.69. The Morgan fingerprint density at radius 2 is 1.68 bits per heavy atom. The number of anilines is 3. The van der Waals surface area contributed by atoms with Gasteiger partial charge in [0.15, 0.2) is 0 Å².